The molecule has 3 nitrogen and oxygen atoms in total. The minimum absolute atomic E-state index is 0.0439. The number of aryl methyl sites for hydroxylation is 1. The molecule has 102 valence electrons. The molecular formula is C17H18N2O. The van der Waals surface area contributed by atoms with E-state index < -0.39 is 5.66 Å². The lowest BCUT2D eigenvalue weighted by molar-refractivity contribution is 0.0615. The summed E-state index contributed by atoms with van der Waals surface area (Å²) in [6.07, 6.45) is 0. The van der Waals surface area contributed by atoms with Gasteiger partial charge >= 0.3 is 0 Å². The van der Waals surface area contributed by atoms with E-state index in [9.17, 15) is 4.79 Å². The monoisotopic (exact) mass is 266 g/mol. The second-order valence-electron chi connectivity index (χ2n) is 5.47. The highest BCUT2D eigenvalue weighted by molar-refractivity contribution is 6.02. The Kier molecular flexibility index (Phi) is 2.78. The fraction of sp³-hybridized carbons (Fsp3) is 0.235. The maximum absolute atomic E-state index is 12.6. The van der Waals surface area contributed by atoms with Crippen LogP contribution in [0.25, 0.3) is 0 Å². The number of carbonyl (C=O) groups is 1. The average molecular weight is 266 g/mol. The lowest BCUT2D eigenvalue weighted by Crippen LogP contribution is -2.53. The van der Waals surface area contributed by atoms with Gasteiger partial charge in [0.2, 0.25) is 0 Å². The molecule has 1 unspecified atom stereocenters. The summed E-state index contributed by atoms with van der Waals surface area (Å²) in [5.41, 5.74) is 3.37. The zero-order valence-electron chi connectivity index (χ0n) is 12.0. The third-order valence-electron chi connectivity index (χ3n) is 4.12. The first-order valence-corrected chi connectivity index (χ1v) is 6.75. The molecule has 0 saturated heterocycles. The highest BCUT2D eigenvalue weighted by atomic mass is 16.2. The number of hydrogen-bond donors (Lipinski definition) is 1. The van der Waals surface area contributed by atoms with Crippen LogP contribution < -0.4 is 5.32 Å². The van der Waals surface area contributed by atoms with Crippen LogP contribution in [0.3, 0.4) is 0 Å². The zero-order chi connectivity index (χ0) is 14.3. The summed E-state index contributed by atoms with van der Waals surface area (Å²) in [5, 5.41) is 3.49. The lowest BCUT2D eigenvalue weighted by Gasteiger charge is -2.44. The van der Waals surface area contributed by atoms with Crippen LogP contribution in [0.5, 0.6) is 0 Å². The van der Waals surface area contributed by atoms with Gasteiger partial charge in [0.25, 0.3) is 5.91 Å². The first-order valence-electron chi connectivity index (χ1n) is 6.75. The Morgan fingerprint density at radius 2 is 1.70 bits per heavy atom. The van der Waals surface area contributed by atoms with E-state index in [2.05, 4.69) is 36.5 Å². The summed E-state index contributed by atoms with van der Waals surface area (Å²) < 4.78 is 0. The van der Waals surface area contributed by atoms with Crippen molar-refractivity contribution in [1.82, 2.24) is 4.90 Å². The molecule has 3 heteroatoms. The summed E-state index contributed by atoms with van der Waals surface area (Å²) in [5.74, 6) is 0.0439. The number of rotatable bonds is 1. The van der Waals surface area contributed by atoms with Crippen LogP contribution >= 0.6 is 0 Å². The molecule has 0 radical (unpaired) electrons. The maximum atomic E-state index is 12.6. The van der Waals surface area contributed by atoms with Crippen LogP contribution in [0.4, 0.5) is 5.69 Å². The average Bonchev–Trinajstić information content (AvgIpc) is 2.46. The molecule has 1 atom stereocenters. The molecule has 1 aliphatic heterocycles. The fourth-order valence-electron chi connectivity index (χ4n) is 2.65. The van der Waals surface area contributed by atoms with Crippen molar-refractivity contribution in [2.24, 2.45) is 0 Å². The van der Waals surface area contributed by atoms with Crippen molar-refractivity contribution in [1.29, 1.82) is 0 Å². The predicted molar refractivity (Wildman–Crippen MR) is 80.7 cm³/mol. The molecule has 1 N–H and O–H groups in total. The van der Waals surface area contributed by atoms with Crippen molar-refractivity contribution in [2.75, 3.05) is 12.4 Å². The van der Waals surface area contributed by atoms with Gasteiger partial charge < -0.3 is 10.2 Å². The van der Waals surface area contributed by atoms with Crippen LogP contribution in [-0.2, 0) is 5.66 Å². The third-order valence-corrected chi connectivity index (χ3v) is 4.12. The molecule has 3 rings (SSSR count). The van der Waals surface area contributed by atoms with E-state index in [0.717, 1.165) is 16.8 Å². The van der Waals surface area contributed by atoms with E-state index in [1.807, 2.05) is 38.2 Å². The van der Waals surface area contributed by atoms with Crippen LogP contribution in [0, 0.1) is 6.92 Å². The van der Waals surface area contributed by atoms with Crippen LogP contribution in [0.2, 0.25) is 0 Å². The van der Waals surface area contributed by atoms with Gasteiger partial charge in [-0.3, -0.25) is 4.79 Å². The number of para-hydroxylation sites is 1. The molecule has 20 heavy (non-hydrogen) atoms. The number of carbonyl (C=O) groups excluding carboxylic acids is 1. The van der Waals surface area contributed by atoms with Crippen LogP contribution in [-0.4, -0.2) is 17.9 Å². The minimum atomic E-state index is -0.529. The quantitative estimate of drug-likeness (QED) is 0.858. The van der Waals surface area contributed by atoms with Gasteiger partial charge in [0.1, 0.15) is 5.66 Å². The summed E-state index contributed by atoms with van der Waals surface area (Å²) in [4.78, 5) is 14.3. The van der Waals surface area contributed by atoms with Gasteiger partial charge in [-0.2, -0.15) is 0 Å². The fourth-order valence-corrected chi connectivity index (χ4v) is 2.65. The molecule has 0 fully saturated rings. The maximum Gasteiger partial charge on any atom is 0.257 e. The number of fused-ring (bicyclic) bond motifs is 1. The van der Waals surface area contributed by atoms with Crippen LogP contribution in [0.15, 0.2) is 48.5 Å². The number of benzene rings is 2. The first-order chi connectivity index (χ1) is 9.52. The number of hydrogen-bond acceptors (Lipinski definition) is 2. The lowest BCUT2D eigenvalue weighted by atomic mass is 9.94. The van der Waals surface area contributed by atoms with Gasteiger partial charge in [-0.1, -0.05) is 42.0 Å². The molecule has 2 aromatic carbocycles. The zero-order valence-corrected chi connectivity index (χ0v) is 12.0. The number of nitrogens with zero attached hydrogens (tertiary/aromatic N) is 1. The SMILES string of the molecule is Cc1ccc(C2(C)Nc3ccccc3C(=O)N2C)cc1. The molecule has 0 aliphatic carbocycles. The topological polar surface area (TPSA) is 32.3 Å². The van der Waals surface area contributed by atoms with Gasteiger partial charge in [0, 0.05) is 12.7 Å². The molecule has 0 aromatic heterocycles. The van der Waals surface area contributed by atoms with Gasteiger partial charge in [-0.05, 0) is 31.5 Å². The minimum Gasteiger partial charge on any atom is -0.358 e. The Labute approximate surface area is 119 Å². The Morgan fingerprint density at radius 3 is 2.40 bits per heavy atom. The molecule has 1 amide bonds. The number of anilines is 1. The van der Waals surface area contributed by atoms with Crippen LogP contribution in [0.1, 0.15) is 28.4 Å². The molecule has 1 heterocycles. The Morgan fingerprint density at radius 1 is 1.05 bits per heavy atom. The van der Waals surface area contributed by atoms with E-state index in [-0.39, 0.29) is 5.91 Å². The summed E-state index contributed by atoms with van der Waals surface area (Å²) >= 11 is 0. The summed E-state index contributed by atoms with van der Waals surface area (Å²) in [6, 6.07) is 15.9. The Balaban J connectivity index is 2.11. The summed E-state index contributed by atoms with van der Waals surface area (Å²) in [6.45, 7) is 4.09. The molecule has 1 aliphatic rings. The van der Waals surface area contributed by atoms with E-state index in [4.69, 9.17) is 0 Å². The molecular weight excluding hydrogens is 248 g/mol. The number of nitrogens with one attached hydrogen (secondary N) is 1. The normalized spacial score (nSPS) is 21.4. The highest BCUT2D eigenvalue weighted by Crippen LogP contribution is 2.36. The number of amides is 1. The van der Waals surface area contributed by atoms with Crippen molar-refractivity contribution in [3.8, 4) is 0 Å². The van der Waals surface area contributed by atoms with Gasteiger partial charge in [0.15, 0.2) is 0 Å². The highest BCUT2D eigenvalue weighted by Gasteiger charge is 2.39. The van der Waals surface area contributed by atoms with Gasteiger partial charge in [0.05, 0.1) is 5.56 Å². The Hall–Kier alpha value is -2.29. The van der Waals surface area contributed by atoms with Gasteiger partial charge in [-0.25, -0.2) is 0 Å². The first kappa shape index (κ1) is 12.7. The second-order valence-corrected chi connectivity index (χ2v) is 5.47. The summed E-state index contributed by atoms with van der Waals surface area (Å²) in [7, 11) is 1.84. The largest absolute Gasteiger partial charge is 0.358 e. The van der Waals surface area contributed by atoms with E-state index >= 15 is 0 Å². The standard InChI is InChI=1S/C17H18N2O/c1-12-8-10-13(11-9-12)17(2)18-15-7-5-4-6-14(15)16(20)19(17)3/h4-11,18H,1-3H3. The van der Waals surface area contributed by atoms with Crippen molar-refractivity contribution in [2.45, 2.75) is 19.5 Å². The molecule has 0 spiro atoms. The molecule has 0 bridgehead atoms. The second kappa shape index (κ2) is 4.37. The van der Waals surface area contributed by atoms with Gasteiger partial charge in [-0.15, -0.1) is 0 Å². The molecule has 2 aromatic rings. The van der Waals surface area contributed by atoms with Crippen molar-refractivity contribution in [3.05, 3.63) is 65.2 Å². The third kappa shape index (κ3) is 1.78. The van der Waals surface area contributed by atoms with Crippen molar-refractivity contribution in [3.63, 3.8) is 0 Å². The van der Waals surface area contributed by atoms with E-state index in [1.54, 1.807) is 4.90 Å². The Bertz CT molecular complexity index is 663. The van der Waals surface area contributed by atoms with E-state index in [0.29, 0.717) is 0 Å². The predicted octanol–water partition coefficient (Wildman–Crippen LogP) is 3.37. The molecule has 0 saturated carbocycles. The van der Waals surface area contributed by atoms with E-state index in [1.165, 1.54) is 5.56 Å². The smallest absolute Gasteiger partial charge is 0.257 e. The van der Waals surface area contributed by atoms with Crippen molar-refractivity contribution < 1.29 is 4.79 Å². The van der Waals surface area contributed by atoms with Crippen molar-refractivity contribution >= 4 is 11.6 Å².